The first-order chi connectivity index (χ1) is 5.97. The van der Waals surface area contributed by atoms with Crippen molar-refractivity contribution in [3.63, 3.8) is 0 Å². The highest BCUT2D eigenvalue weighted by molar-refractivity contribution is 5.11. The molecule has 0 bridgehead atoms. The molecule has 0 aliphatic rings. The number of halogens is 3. The molecular formula is C9H12F3N. The van der Waals surface area contributed by atoms with Crippen molar-refractivity contribution in [1.29, 1.82) is 0 Å². The van der Waals surface area contributed by atoms with Gasteiger partial charge in [-0.2, -0.15) is 13.2 Å². The number of aromatic nitrogens is 1. The van der Waals surface area contributed by atoms with Crippen LogP contribution in [0.3, 0.4) is 0 Å². The summed E-state index contributed by atoms with van der Waals surface area (Å²) in [5, 5.41) is 0. The second-order valence-corrected chi connectivity index (χ2v) is 3.14. The van der Waals surface area contributed by atoms with Gasteiger partial charge in [-0.3, -0.25) is 0 Å². The van der Waals surface area contributed by atoms with Crippen LogP contribution in [0.2, 0.25) is 0 Å². The van der Waals surface area contributed by atoms with E-state index in [1.165, 1.54) is 0 Å². The lowest BCUT2D eigenvalue weighted by molar-refractivity contribution is -0.135. The van der Waals surface area contributed by atoms with Gasteiger partial charge in [0, 0.05) is 17.8 Å². The summed E-state index contributed by atoms with van der Waals surface area (Å²) in [7, 11) is 0. The average molecular weight is 191 g/mol. The maximum absolute atomic E-state index is 11.8. The summed E-state index contributed by atoms with van der Waals surface area (Å²) in [6.07, 6.45) is -4.11. The second kappa shape index (κ2) is 3.85. The lowest BCUT2D eigenvalue weighted by Crippen LogP contribution is -2.07. The van der Waals surface area contributed by atoms with Crippen molar-refractivity contribution in [3.8, 4) is 0 Å². The van der Waals surface area contributed by atoms with Crippen molar-refractivity contribution in [3.05, 3.63) is 23.5 Å². The van der Waals surface area contributed by atoms with Crippen LogP contribution < -0.4 is 0 Å². The normalized spacial score (nSPS) is 12.0. The molecule has 0 saturated heterocycles. The first-order valence-corrected chi connectivity index (χ1v) is 4.18. The second-order valence-electron chi connectivity index (χ2n) is 3.14. The Morgan fingerprint density at radius 3 is 2.46 bits per heavy atom. The summed E-state index contributed by atoms with van der Waals surface area (Å²) in [6.45, 7) is 1.88. The van der Waals surface area contributed by atoms with Gasteiger partial charge in [-0.1, -0.05) is 0 Å². The fraction of sp³-hybridized carbons (Fsp3) is 0.556. The van der Waals surface area contributed by atoms with E-state index >= 15 is 0 Å². The molecule has 13 heavy (non-hydrogen) atoms. The Bertz CT molecular complexity index is 262. The van der Waals surface area contributed by atoms with E-state index in [-0.39, 0.29) is 6.42 Å². The van der Waals surface area contributed by atoms with E-state index in [1.54, 1.807) is 0 Å². The van der Waals surface area contributed by atoms with Gasteiger partial charge in [-0.05, 0) is 31.9 Å². The Labute approximate surface area is 75.0 Å². The lowest BCUT2D eigenvalue weighted by Gasteiger charge is -2.04. The molecule has 1 heterocycles. The van der Waals surface area contributed by atoms with Crippen LogP contribution in [0.5, 0.6) is 0 Å². The third-order valence-electron chi connectivity index (χ3n) is 1.80. The molecule has 1 nitrogen and oxygen atoms in total. The van der Waals surface area contributed by atoms with Gasteiger partial charge in [-0.15, -0.1) is 0 Å². The number of hydrogen-bond acceptors (Lipinski definition) is 0. The van der Waals surface area contributed by atoms with Crippen molar-refractivity contribution in [1.82, 2.24) is 4.98 Å². The summed E-state index contributed by atoms with van der Waals surface area (Å²) in [6, 6.07) is 3.69. The molecule has 1 N–H and O–H groups in total. The van der Waals surface area contributed by atoms with Gasteiger partial charge in [0.25, 0.3) is 0 Å². The fourth-order valence-electron chi connectivity index (χ4n) is 1.19. The van der Waals surface area contributed by atoms with Crippen LogP contribution in [0.15, 0.2) is 12.1 Å². The molecule has 0 spiro atoms. The van der Waals surface area contributed by atoms with Crippen molar-refractivity contribution in [2.45, 2.75) is 32.4 Å². The number of nitrogens with one attached hydrogen (secondary N) is 1. The minimum atomic E-state index is -4.03. The Morgan fingerprint density at radius 1 is 1.31 bits per heavy atom. The molecule has 0 aliphatic carbocycles. The van der Waals surface area contributed by atoms with Crippen LogP contribution in [0.25, 0.3) is 0 Å². The van der Waals surface area contributed by atoms with Gasteiger partial charge in [0.1, 0.15) is 0 Å². The molecule has 0 atom stereocenters. The van der Waals surface area contributed by atoms with Crippen LogP contribution in [-0.2, 0) is 6.42 Å². The molecule has 0 unspecified atom stereocenters. The summed E-state index contributed by atoms with van der Waals surface area (Å²) < 4.78 is 35.3. The first-order valence-electron chi connectivity index (χ1n) is 4.18. The largest absolute Gasteiger partial charge is 0.389 e. The van der Waals surface area contributed by atoms with E-state index in [0.717, 1.165) is 11.4 Å². The van der Waals surface area contributed by atoms with Crippen LogP contribution in [0, 0.1) is 6.92 Å². The lowest BCUT2D eigenvalue weighted by atomic mass is 10.2. The molecule has 0 amide bonds. The summed E-state index contributed by atoms with van der Waals surface area (Å²) in [5.74, 6) is 0. The maximum Gasteiger partial charge on any atom is 0.389 e. The number of rotatable bonds is 3. The summed E-state index contributed by atoms with van der Waals surface area (Å²) in [5.41, 5.74) is 1.86. The molecule has 74 valence electrons. The molecule has 0 aromatic carbocycles. The molecule has 1 rings (SSSR count). The predicted molar refractivity (Wildman–Crippen MR) is 44.5 cm³/mol. The van der Waals surface area contributed by atoms with E-state index < -0.39 is 12.6 Å². The molecular weight excluding hydrogens is 179 g/mol. The van der Waals surface area contributed by atoms with Crippen LogP contribution in [-0.4, -0.2) is 11.2 Å². The summed E-state index contributed by atoms with van der Waals surface area (Å²) >= 11 is 0. The van der Waals surface area contributed by atoms with E-state index in [0.29, 0.717) is 6.42 Å². The highest BCUT2D eigenvalue weighted by Gasteiger charge is 2.25. The van der Waals surface area contributed by atoms with Gasteiger partial charge in [0.2, 0.25) is 0 Å². The topological polar surface area (TPSA) is 15.8 Å². The number of hydrogen-bond donors (Lipinski definition) is 1. The monoisotopic (exact) mass is 191 g/mol. The molecule has 1 aromatic rings. The highest BCUT2D eigenvalue weighted by atomic mass is 19.4. The van der Waals surface area contributed by atoms with E-state index in [1.807, 2.05) is 19.1 Å². The Balaban J connectivity index is 2.28. The number of aryl methyl sites for hydroxylation is 2. The quantitative estimate of drug-likeness (QED) is 0.755. The zero-order valence-electron chi connectivity index (χ0n) is 7.41. The van der Waals surface area contributed by atoms with Gasteiger partial charge in [-0.25, -0.2) is 0 Å². The average Bonchev–Trinajstić information content (AvgIpc) is 2.33. The van der Waals surface area contributed by atoms with Crippen molar-refractivity contribution in [2.75, 3.05) is 0 Å². The standard InChI is InChI=1S/C9H12F3N/c1-7-4-5-8(13-7)3-2-6-9(10,11)12/h4-5,13H,2-3,6H2,1H3. The smallest absolute Gasteiger partial charge is 0.363 e. The maximum atomic E-state index is 11.8. The Morgan fingerprint density at radius 2 is 2.00 bits per heavy atom. The van der Waals surface area contributed by atoms with Crippen LogP contribution >= 0.6 is 0 Å². The van der Waals surface area contributed by atoms with Gasteiger partial charge in [0.15, 0.2) is 0 Å². The fourth-order valence-corrected chi connectivity index (χ4v) is 1.19. The predicted octanol–water partition coefficient (Wildman–Crippen LogP) is 3.21. The number of alkyl halides is 3. The van der Waals surface area contributed by atoms with E-state index in [2.05, 4.69) is 4.98 Å². The number of aromatic amines is 1. The Kier molecular flexibility index (Phi) is 3.01. The van der Waals surface area contributed by atoms with E-state index in [4.69, 9.17) is 0 Å². The van der Waals surface area contributed by atoms with Crippen LogP contribution in [0.1, 0.15) is 24.2 Å². The highest BCUT2D eigenvalue weighted by Crippen LogP contribution is 2.22. The van der Waals surface area contributed by atoms with Crippen molar-refractivity contribution >= 4 is 0 Å². The third kappa shape index (κ3) is 4.01. The molecule has 0 fully saturated rings. The first kappa shape index (κ1) is 10.2. The van der Waals surface area contributed by atoms with Crippen LogP contribution in [0.4, 0.5) is 13.2 Å². The Hall–Kier alpha value is -0.930. The molecule has 1 aromatic heterocycles. The van der Waals surface area contributed by atoms with Crippen molar-refractivity contribution in [2.24, 2.45) is 0 Å². The molecule has 0 radical (unpaired) electrons. The van der Waals surface area contributed by atoms with Crippen molar-refractivity contribution < 1.29 is 13.2 Å². The van der Waals surface area contributed by atoms with Gasteiger partial charge >= 0.3 is 6.18 Å². The molecule has 0 saturated carbocycles. The van der Waals surface area contributed by atoms with E-state index in [9.17, 15) is 13.2 Å². The SMILES string of the molecule is Cc1ccc(CCCC(F)(F)F)[nH]1. The molecule has 4 heteroatoms. The minimum absolute atomic E-state index is 0.156. The van der Waals surface area contributed by atoms with Gasteiger partial charge in [0.05, 0.1) is 0 Å². The zero-order valence-corrected chi connectivity index (χ0v) is 7.41. The number of H-pyrrole nitrogens is 1. The third-order valence-corrected chi connectivity index (χ3v) is 1.80. The minimum Gasteiger partial charge on any atom is -0.363 e. The van der Waals surface area contributed by atoms with Gasteiger partial charge < -0.3 is 4.98 Å². The summed E-state index contributed by atoms with van der Waals surface area (Å²) in [4.78, 5) is 2.99. The zero-order chi connectivity index (χ0) is 9.90. The molecule has 0 aliphatic heterocycles.